The van der Waals surface area contributed by atoms with E-state index in [0.717, 1.165) is 5.75 Å². The van der Waals surface area contributed by atoms with E-state index in [1.807, 2.05) is 0 Å². The third kappa shape index (κ3) is 2.70. The number of benzene rings is 1. The maximum atomic E-state index is 14.3. The Morgan fingerprint density at radius 3 is 2.86 bits per heavy atom. The molecule has 1 N–H and O–H groups in total. The van der Waals surface area contributed by atoms with Gasteiger partial charge in [-0.3, -0.25) is 4.90 Å². The second kappa shape index (κ2) is 5.78. The first-order valence-corrected chi connectivity index (χ1v) is 7.82. The van der Waals surface area contributed by atoms with Crippen LogP contribution in [0.3, 0.4) is 0 Å². The second-order valence-corrected chi connectivity index (χ2v) is 6.43. The van der Waals surface area contributed by atoms with Gasteiger partial charge in [0.2, 0.25) is 0 Å². The molecule has 0 saturated carbocycles. The van der Waals surface area contributed by atoms with Gasteiger partial charge in [0.05, 0.1) is 24.5 Å². The van der Waals surface area contributed by atoms with E-state index in [-0.39, 0.29) is 13.2 Å². The third-order valence-electron chi connectivity index (χ3n) is 3.37. The Kier molecular flexibility index (Phi) is 4.01. The van der Waals surface area contributed by atoms with Crippen LogP contribution in [0.25, 0.3) is 0 Å². The summed E-state index contributed by atoms with van der Waals surface area (Å²) in [6, 6.07) is 4.56. The zero-order valence-corrected chi connectivity index (χ0v) is 12.6. The van der Waals surface area contributed by atoms with Crippen LogP contribution < -0.4 is 9.80 Å². The number of carbonyl (C=O) groups is 1. The number of halogens is 1. The van der Waals surface area contributed by atoms with Crippen molar-refractivity contribution in [1.29, 1.82) is 0 Å². The van der Waals surface area contributed by atoms with Crippen LogP contribution in [0.1, 0.15) is 0 Å². The van der Waals surface area contributed by atoms with Crippen LogP contribution in [-0.2, 0) is 4.74 Å². The predicted octanol–water partition coefficient (Wildman–Crippen LogP) is 1.98. The Morgan fingerprint density at radius 2 is 2.29 bits per heavy atom. The van der Waals surface area contributed by atoms with Gasteiger partial charge in [-0.15, -0.1) is 0 Å². The van der Waals surface area contributed by atoms with Crippen LogP contribution in [0.4, 0.5) is 20.6 Å². The summed E-state index contributed by atoms with van der Waals surface area (Å²) in [5, 5.41) is 9.02. The Morgan fingerprint density at radius 1 is 1.48 bits per heavy atom. The molecule has 2 saturated heterocycles. The molecule has 2 fully saturated rings. The number of anilines is 2. The SMILES string of the molecule is O=C1OC(CO)CN1c1ccc(N2CCSC2=S)c(F)c1. The summed E-state index contributed by atoms with van der Waals surface area (Å²) in [4.78, 5) is 14.7. The molecule has 1 amide bonds. The molecule has 112 valence electrons. The summed E-state index contributed by atoms with van der Waals surface area (Å²) in [5.74, 6) is 0.411. The van der Waals surface area contributed by atoms with E-state index in [9.17, 15) is 9.18 Å². The first kappa shape index (κ1) is 14.6. The van der Waals surface area contributed by atoms with Gasteiger partial charge in [0.25, 0.3) is 0 Å². The van der Waals surface area contributed by atoms with Crippen molar-refractivity contribution >= 4 is 45.8 Å². The summed E-state index contributed by atoms with van der Waals surface area (Å²) in [6.45, 7) is 0.645. The van der Waals surface area contributed by atoms with Gasteiger partial charge in [-0.1, -0.05) is 24.0 Å². The number of aliphatic hydroxyl groups excluding tert-OH is 1. The lowest BCUT2D eigenvalue weighted by atomic mass is 10.2. The van der Waals surface area contributed by atoms with Gasteiger partial charge < -0.3 is 14.7 Å². The molecule has 0 bridgehead atoms. The number of nitrogens with zero attached hydrogens (tertiary/aromatic N) is 2. The van der Waals surface area contributed by atoms with Gasteiger partial charge in [0.1, 0.15) is 16.2 Å². The molecule has 3 rings (SSSR count). The lowest BCUT2D eigenvalue weighted by Crippen LogP contribution is -2.26. The van der Waals surface area contributed by atoms with E-state index >= 15 is 0 Å². The van der Waals surface area contributed by atoms with Gasteiger partial charge in [0, 0.05) is 12.3 Å². The highest BCUT2D eigenvalue weighted by Gasteiger charge is 2.32. The summed E-state index contributed by atoms with van der Waals surface area (Å²) >= 11 is 6.70. The van der Waals surface area contributed by atoms with E-state index in [1.165, 1.54) is 22.7 Å². The molecular formula is C13H13FN2O3S2. The molecule has 1 unspecified atom stereocenters. The molecule has 0 aliphatic carbocycles. The van der Waals surface area contributed by atoms with Crippen LogP contribution in [-0.4, -0.2) is 47.1 Å². The average Bonchev–Trinajstić information content (AvgIpc) is 3.05. The van der Waals surface area contributed by atoms with Crippen LogP contribution in [0.5, 0.6) is 0 Å². The Labute approximate surface area is 130 Å². The lowest BCUT2D eigenvalue weighted by Gasteiger charge is -2.20. The van der Waals surface area contributed by atoms with Crippen molar-refractivity contribution in [3.05, 3.63) is 24.0 Å². The molecule has 0 spiro atoms. The van der Waals surface area contributed by atoms with Crippen LogP contribution in [0.2, 0.25) is 0 Å². The Hall–Kier alpha value is -1.38. The second-order valence-electron chi connectivity index (χ2n) is 4.70. The van der Waals surface area contributed by atoms with Gasteiger partial charge in [0.15, 0.2) is 0 Å². The van der Waals surface area contributed by atoms with Gasteiger partial charge in [-0.25, -0.2) is 9.18 Å². The largest absolute Gasteiger partial charge is 0.441 e. The molecule has 2 aliphatic rings. The number of hydrogen-bond acceptors (Lipinski definition) is 5. The van der Waals surface area contributed by atoms with Crippen molar-refractivity contribution in [2.75, 3.05) is 35.2 Å². The molecular weight excluding hydrogens is 315 g/mol. The van der Waals surface area contributed by atoms with Crippen molar-refractivity contribution in [1.82, 2.24) is 0 Å². The van der Waals surface area contributed by atoms with E-state index < -0.39 is 18.0 Å². The average molecular weight is 328 g/mol. The van der Waals surface area contributed by atoms with Gasteiger partial charge in [-0.2, -0.15) is 0 Å². The topological polar surface area (TPSA) is 53.0 Å². The molecule has 2 heterocycles. The van der Waals surface area contributed by atoms with Crippen LogP contribution in [0.15, 0.2) is 18.2 Å². The molecule has 2 aliphatic heterocycles. The first-order chi connectivity index (χ1) is 10.1. The number of carbonyl (C=O) groups excluding carboxylic acids is 1. The number of cyclic esters (lactones) is 1. The first-order valence-electron chi connectivity index (χ1n) is 6.43. The zero-order valence-electron chi connectivity index (χ0n) is 11.0. The minimum Gasteiger partial charge on any atom is -0.441 e. The minimum absolute atomic E-state index is 0.214. The van der Waals surface area contributed by atoms with Gasteiger partial charge >= 0.3 is 6.09 Å². The predicted molar refractivity (Wildman–Crippen MR) is 83.5 cm³/mol. The smallest absolute Gasteiger partial charge is 0.414 e. The van der Waals surface area contributed by atoms with Gasteiger partial charge in [-0.05, 0) is 18.2 Å². The normalized spacial score (nSPS) is 22.1. The van der Waals surface area contributed by atoms with E-state index in [2.05, 4.69) is 0 Å². The highest BCUT2D eigenvalue weighted by atomic mass is 32.2. The molecule has 1 aromatic carbocycles. The fraction of sp³-hybridized carbons (Fsp3) is 0.385. The number of aliphatic hydroxyl groups is 1. The molecule has 5 nitrogen and oxygen atoms in total. The number of hydrogen-bond donors (Lipinski definition) is 1. The fourth-order valence-corrected chi connectivity index (χ4v) is 3.56. The minimum atomic E-state index is -0.576. The zero-order chi connectivity index (χ0) is 15.0. The third-order valence-corrected chi connectivity index (χ3v) is 4.80. The Balaban J connectivity index is 1.84. The maximum absolute atomic E-state index is 14.3. The standard InChI is InChI=1S/C13H13FN2O3S2/c14-10-5-8(16-6-9(7-17)19-12(16)18)1-2-11(10)15-3-4-21-13(15)20/h1-2,5,9,17H,3-4,6-7H2. The molecule has 0 aromatic heterocycles. The quantitative estimate of drug-likeness (QED) is 0.857. The number of amides is 1. The molecule has 21 heavy (non-hydrogen) atoms. The monoisotopic (exact) mass is 328 g/mol. The number of thioether (sulfide) groups is 1. The molecule has 1 atom stereocenters. The van der Waals surface area contributed by atoms with Crippen molar-refractivity contribution in [3.63, 3.8) is 0 Å². The van der Waals surface area contributed by atoms with E-state index in [0.29, 0.717) is 22.2 Å². The van der Waals surface area contributed by atoms with Crippen molar-refractivity contribution in [3.8, 4) is 0 Å². The maximum Gasteiger partial charge on any atom is 0.414 e. The Bertz CT molecular complexity index is 599. The summed E-state index contributed by atoms with van der Waals surface area (Å²) in [7, 11) is 0. The van der Waals surface area contributed by atoms with Crippen molar-refractivity contribution in [2.45, 2.75) is 6.10 Å². The highest BCUT2D eigenvalue weighted by molar-refractivity contribution is 8.23. The number of ether oxygens (including phenoxy) is 1. The number of thiocarbonyl (C=S) groups is 1. The van der Waals surface area contributed by atoms with E-state index in [4.69, 9.17) is 22.1 Å². The fourth-order valence-electron chi connectivity index (χ4n) is 2.32. The summed E-state index contributed by atoms with van der Waals surface area (Å²) in [5.41, 5.74) is 0.829. The molecule has 8 heteroatoms. The van der Waals surface area contributed by atoms with Crippen molar-refractivity contribution in [2.24, 2.45) is 0 Å². The lowest BCUT2D eigenvalue weighted by molar-refractivity contribution is 0.0963. The van der Waals surface area contributed by atoms with Crippen molar-refractivity contribution < 1.29 is 19.0 Å². The summed E-state index contributed by atoms with van der Waals surface area (Å²) in [6.07, 6.45) is -1.14. The highest BCUT2D eigenvalue weighted by Crippen LogP contribution is 2.31. The number of rotatable bonds is 3. The van der Waals surface area contributed by atoms with Crippen LogP contribution >= 0.6 is 24.0 Å². The van der Waals surface area contributed by atoms with E-state index in [1.54, 1.807) is 17.0 Å². The summed E-state index contributed by atoms with van der Waals surface area (Å²) < 4.78 is 19.9. The molecule has 1 aromatic rings. The van der Waals surface area contributed by atoms with Crippen LogP contribution in [0, 0.1) is 5.82 Å². The molecule has 0 radical (unpaired) electrons.